The zero-order chi connectivity index (χ0) is 19.7. The zero-order valence-electron chi connectivity index (χ0n) is 14.9. The standard InChI is InChI=1S/C15H20N2O.C4H4O4/c1-4-15(2,18)9-12-8-13(11-16-10-12)14-6-5-7-17(14)3;5-3(6)1-2-4(7)8/h1,8,10-11,14,18H,5-7,9H2,2-3H3;1-2H,(H,5,6)(H,7,8). The molecule has 0 radical (unpaired) electrons. The van der Waals surface area contributed by atoms with Crippen molar-refractivity contribution in [3.05, 3.63) is 41.7 Å². The third-order valence-electron chi connectivity index (χ3n) is 3.95. The second-order valence-corrected chi connectivity index (χ2v) is 6.37. The Morgan fingerprint density at radius 1 is 1.38 bits per heavy atom. The lowest BCUT2D eigenvalue weighted by atomic mass is 9.96. The summed E-state index contributed by atoms with van der Waals surface area (Å²) in [5.41, 5.74) is 1.12. The van der Waals surface area contributed by atoms with Crippen LogP contribution in [0.15, 0.2) is 30.6 Å². The van der Waals surface area contributed by atoms with Crippen LogP contribution in [-0.2, 0) is 16.0 Å². The lowest BCUT2D eigenvalue weighted by Crippen LogP contribution is -2.25. The van der Waals surface area contributed by atoms with Gasteiger partial charge in [0.1, 0.15) is 5.60 Å². The van der Waals surface area contributed by atoms with Crippen LogP contribution in [0, 0.1) is 12.3 Å². The van der Waals surface area contributed by atoms with E-state index < -0.39 is 17.5 Å². The lowest BCUT2D eigenvalue weighted by Gasteiger charge is -2.21. The number of terminal acetylenes is 1. The Bertz CT molecular complexity index is 690. The van der Waals surface area contributed by atoms with E-state index >= 15 is 0 Å². The van der Waals surface area contributed by atoms with Crippen molar-refractivity contribution in [2.45, 2.75) is 37.8 Å². The molecule has 1 aliphatic heterocycles. The molecule has 2 heterocycles. The number of hydrogen-bond donors (Lipinski definition) is 3. The molecule has 0 aliphatic carbocycles. The van der Waals surface area contributed by atoms with Gasteiger partial charge in [0.25, 0.3) is 0 Å². The van der Waals surface area contributed by atoms with Crippen molar-refractivity contribution in [3.63, 3.8) is 0 Å². The van der Waals surface area contributed by atoms with Crippen LogP contribution in [0.2, 0.25) is 0 Å². The molecule has 0 bridgehead atoms. The molecule has 2 atom stereocenters. The normalized spacial score (nSPS) is 19.2. The fourth-order valence-electron chi connectivity index (χ4n) is 2.71. The predicted octanol–water partition coefficient (Wildman–Crippen LogP) is 1.49. The van der Waals surface area contributed by atoms with Gasteiger partial charge in [0, 0.05) is 37.0 Å². The number of carbonyl (C=O) groups is 2. The minimum Gasteiger partial charge on any atom is -0.478 e. The van der Waals surface area contributed by atoms with Crippen LogP contribution >= 0.6 is 0 Å². The second-order valence-electron chi connectivity index (χ2n) is 6.37. The largest absolute Gasteiger partial charge is 0.478 e. The maximum absolute atomic E-state index is 9.91. The van der Waals surface area contributed by atoms with Crippen LogP contribution in [-0.4, -0.2) is 56.3 Å². The first-order chi connectivity index (χ1) is 12.1. The van der Waals surface area contributed by atoms with E-state index in [1.165, 1.54) is 18.4 Å². The van der Waals surface area contributed by atoms with Gasteiger partial charge in [0.2, 0.25) is 0 Å². The first-order valence-electron chi connectivity index (χ1n) is 8.13. The van der Waals surface area contributed by atoms with E-state index in [4.69, 9.17) is 16.6 Å². The summed E-state index contributed by atoms with van der Waals surface area (Å²) in [4.78, 5) is 25.7. The Labute approximate surface area is 153 Å². The van der Waals surface area contributed by atoms with E-state index in [9.17, 15) is 14.7 Å². The third-order valence-corrected chi connectivity index (χ3v) is 3.95. The molecule has 0 aromatic carbocycles. The summed E-state index contributed by atoms with van der Waals surface area (Å²) < 4.78 is 0. The van der Waals surface area contributed by atoms with E-state index in [1.807, 2.05) is 6.20 Å². The smallest absolute Gasteiger partial charge is 0.328 e. The maximum atomic E-state index is 9.91. The second kappa shape index (κ2) is 9.70. The zero-order valence-corrected chi connectivity index (χ0v) is 14.9. The number of pyridine rings is 1. The first kappa shape index (κ1) is 21.4. The highest BCUT2D eigenvalue weighted by atomic mass is 16.4. The predicted molar refractivity (Wildman–Crippen MR) is 96.4 cm³/mol. The summed E-state index contributed by atoms with van der Waals surface area (Å²) in [6.07, 6.45) is 13.0. The van der Waals surface area contributed by atoms with Crippen LogP contribution < -0.4 is 0 Å². The van der Waals surface area contributed by atoms with Gasteiger partial charge in [-0.2, -0.15) is 0 Å². The van der Waals surface area contributed by atoms with Gasteiger partial charge in [-0.3, -0.25) is 9.88 Å². The Morgan fingerprint density at radius 3 is 2.46 bits per heavy atom. The van der Waals surface area contributed by atoms with Crippen molar-refractivity contribution in [2.24, 2.45) is 0 Å². The quantitative estimate of drug-likeness (QED) is 0.539. The van der Waals surface area contributed by atoms with Gasteiger partial charge >= 0.3 is 11.9 Å². The van der Waals surface area contributed by atoms with E-state index in [1.54, 1.807) is 13.1 Å². The summed E-state index contributed by atoms with van der Waals surface area (Å²) >= 11 is 0. The summed E-state index contributed by atoms with van der Waals surface area (Å²) in [6, 6.07) is 2.57. The molecule has 1 saturated heterocycles. The molecule has 1 aliphatic rings. The molecule has 3 N–H and O–H groups in total. The highest BCUT2D eigenvalue weighted by Crippen LogP contribution is 2.30. The summed E-state index contributed by atoms with van der Waals surface area (Å²) in [7, 11) is 2.14. The van der Waals surface area contributed by atoms with E-state index in [0.717, 1.165) is 12.1 Å². The van der Waals surface area contributed by atoms with Gasteiger partial charge in [-0.1, -0.05) is 12.0 Å². The molecule has 2 rings (SSSR count). The van der Waals surface area contributed by atoms with Gasteiger partial charge in [0.15, 0.2) is 0 Å². The minimum absolute atomic E-state index is 0.445. The fourth-order valence-corrected chi connectivity index (χ4v) is 2.71. The van der Waals surface area contributed by atoms with Crippen LogP contribution in [0.25, 0.3) is 0 Å². The Morgan fingerprint density at radius 2 is 2.00 bits per heavy atom. The van der Waals surface area contributed by atoms with Crippen LogP contribution in [0.1, 0.15) is 36.9 Å². The molecular formula is C19H24N2O5. The monoisotopic (exact) mass is 360 g/mol. The van der Waals surface area contributed by atoms with Gasteiger partial charge in [-0.05, 0) is 44.5 Å². The molecule has 1 fully saturated rings. The van der Waals surface area contributed by atoms with Crippen molar-refractivity contribution >= 4 is 11.9 Å². The average molecular weight is 360 g/mol. The number of likely N-dealkylation sites (tertiary alicyclic amines) is 1. The molecule has 0 amide bonds. The van der Waals surface area contributed by atoms with Crippen LogP contribution in [0.5, 0.6) is 0 Å². The van der Waals surface area contributed by atoms with Crippen molar-refractivity contribution in [3.8, 4) is 12.3 Å². The first-order valence-corrected chi connectivity index (χ1v) is 8.13. The summed E-state index contributed by atoms with van der Waals surface area (Å²) in [5.74, 6) is -0.109. The lowest BCUT2D eigenvalue weighted by molar-refractivity contribution is -0.134. The SMILES string of the molecule is C#CC(C)(O)Cc1cncc(C2CCCN2C)c1.O=C(O)C=CC(=O)O. The van der Waals surface area contributed by atoms with Crippen molar-refractivity contribution < 1.29 is 24.9 Å². The number of nitrogens with zero attached hydrogens (tertiary/aromatic N) is 2. The Balaban J connectivity index is 0.000000359. The van der Waals surface area contributed by atoms with Gasteiger partial charge < -0.3 is 15.3 Å². The molecular weight excluding hydrogens is 336 g/mol. The van der Waals surface area contributed by atoms with Crippen molar-refractivity contribution in [1.29, 1.82) is 0 Å². The third kappa shape index (κ3) is 7.47. The molecule has 1 aromatic heterocycles. The van der Waals surface area contributed by atoms with E-state index in [0.29, 0.717) is 24.6 Å². The molecule has 26 heavy (non-hydrogen) atoms. The number of carboxylic acid groups (broad SMARTS) is 2. The number of aliphatic hydroxyl groups is 1. The Kier molecular flexibility index (Phi) is 7.97. The number of aliphatic carboxylic acids is 2. The number of carboxylic acids is 2. The van der Waals surface area contributed by atoms with Gasteiger partial charge in [0.05, 0.1) is 0 Å². The average Bonchev–Trinajstić information content (AvgIpc) is 2.99. The highest BCUT2D eigenvalue weighted by Gasteiger charge is 2.24. The van der Waals surface area contributed by atoms with Gasteiger partial charge in [-0.15, -0.1) is 6.42 Å². The Hall–Kier alpha value is -2.69. The van der Waals surface area contributed by atoms with Crippen LogP contribution in [0.3, 0.4) is 0 Å². The highest BCUT2D eigenvalue weighted by molar-refractivity contribution is 5.89. The van der Waals surface area contributed by atoms with E-state index in [2.05, 4.69) is 28.9 Å². The molecule has 2 unspecified atom stereocenters. The molecule has 0 spiro atoms. The number of hydrogen-bond acceptors (Lipinski definition) is 5. The van der Waals surface area contributed by atoms with Gasteiger partial charge in [-0.25, -0.2) is 9.59 Å². The molecule has 0 saturated carbocycles. The van der Waals surface area contributed by atoms with Crippen molar-refractivity contribution in [2.75, 3.05) is 13.6 Å². The minimum atomic E-state index is -1.26. The molecule has 140 valence electrons. The maximum Gasteiger partial charge on any atom is 0.328 e. The van der Waals surface area contributed by atoms with E-state index in [-0.39, 0.29) is 0 Å². The summed E-state index contributed by atoms with van der Waals surface area (Å²) in [6.45, 7) is 2.79. The topological polar surface area (TPSA) is 111 Å². The molecule has 1 aromatic rings. The fraction of sp³-hybridized carbons (Fsp3) is 0.421. The van der Waals surface area contributed by atoms with Crippen molar-refractivity contribution in [1.82, 2.24) is 9.88 Å². The molecule has 7 heteroatoms. The number of aromatic nitrogens is 1. The van der Waals surface area contributed by atoms with Crippen LogP contribution in [0.4, 0.5) is 0 Å². The molecule has 7 nitrogen and oxygen atoms in total. The number of rotatable bonds is 5. The summed E-state index contributed by atoms with van der Waals surface area (Å²) in [5, 5.41) is 25.5.